The molecule has 1 aliphatic rings. The molecule has 4 rings (SSSR count). The fraction of sp³-hybridized carbons (Fsp3) is 0.393. The lowest BCUT2D eigenvalue weighted by atomic mass is 9.89. The quantitative estimate of drug-likeness (QED) is 0.368. The summed E-state index contributed by atoms with van der Waals surface area (Å²) in [4.78, 5) is 31.4. The lowest BCUT2D eigenvalue weighted by Gasteiger charge is -2.25. The van der Waals surface area contributed by atoms with Crippen LogP contribution in [0.25, 0.3) is 10.9 Å². The van der Waals surface area contributed by atoms with Crippen LogP contribution in [-0.2, 0) is 21.7 Å². The number of pyridine rings is 1. The second-order valence-electron chi connectivity index (χ2n) is 10.1. The number of hydroxylamine groups is 2. The fourth-order valence-corrected chi connectivity index (χ4v) is 4.60. The van der Waals surface area contributed by atoms with Crippen LogP contribution in [-0.4, -0.2) is 51.6 Å². The molecule has 2 amide bonds. The van der Waals surface area contributed by atoms with Crippen molar-refractivity contribution in [2.24, 2.45) is 11.7 Å². The molecule has 0 bridgehead atoms. The summed E-state index contributed by atoms with van der Waals surface area (Å²) in [5.41, 5.74) is 10.1. The Kier molecular flexibility index (Phi) is 7.28. The summed E-state index contributed by atoms with van der Waals surface area (Å²) in [6.07, 6.45) is 0.385. The smallest absolute Gasteiger partial charge is 0.265 e. The van der Waals surface area contributed by atoms with Crippen molar-refractivity contribution in [3.05, 3.63) is 70.9 Å². The van der Waals surface area contributed by atoms with Gasteiger partial charge in [0.2, 0.25) is 5.91 Å². The van der Waals surface area contributed by atoms with E-state index in [1.165, 1.54) is 4.90 Å². The van der Waals surface area contributed by atoms with Gasteiger partial charge in [-0.15, -0.1) is 0 Å². The molecule has 0 radical (unpaired) electrons. The van der Waals surface area contributed by atoms with Crippen molar-refractivity contribution in [2.75, 3.05) is 19.6 Å². The van der Waals surface area contributed by atoms with Gasteiger partial charge in [0.25, 0.3) is 5.91 Å². The largest absolute Gasteiger partial charge is 0.489 e. The first-order valence-corrected chi connectivity index (χ1v) is 12.2. The molecule has 3 N–H and O–H groups in total. The van der Waals surface area contributed by atoms with Crippen molar-refractivity contribution in [3.63, 3.8) is 0 Å². The van der Waals surface area contributed by atoms with Crippen molar-refractivity contribution in [1.29, 1.82) is 0 Å². The predicted molar refractivity (Wildman–Crippen MR) is 137 cm³/mol. The summed E-state index contributed by atoms with van der Waals surface area (Å²) in [6.45, 7) is 8.58. The van der Waals surface area contributed by atoms with Crippen LogP contribution in [0.2, 0.25) is 0 Å². The van der Waals surface area contributed by atoms with Crippen molar-refractivity contribution >= 4 is 22.7 Å². The molecule has 1 saturated heterocycles. The number of hydrogen-bond acceptors (Lipinski definition) is 6. The standard InChI is InChI=1S/C28H34N4O4/c1-18(2)15-32(35)26(33)16-31-12-11-28(29,27(31)34)22-6-8-23(9-7-22)36-17-21-14-20(4)30-25-10-5-19(3)13-24(21)25/h5-10,13-14,18,35H,11-12,15-17,29H2,1-4H3/t28-/m1/s1. The number of nitrogens with zero attached hydrogens (tertiary/aromatic N) is 3. The first kappa shape index (κ1) is 25.6. The highest BCUT2D eigenvalue weighted by Crippen LogP contribution is 2.32. The molecule has 1 aromatic heterocycles. The summed E-state index contributed by atoms with van der Waals surface area (Å²) in [5, 5.41) is 11.7. The Morgan fingerprint density at radius 3 is 2.61 bits per heavy atom. The summed E-state index contributed by atoms with van der Waals surface area (Å²) < 4.78 is 6.06. The van der Waals surface area contributed by atoms with Gasteiger partial charge in [-0.3, -0.25) is 19.8 Å². The highest BCUT2D eigenvalue weighted by molar-refractivity contribution is 5.92. The molecule has 1 fully saturated rings. The summed E-state index contributed by atoms with van der Waals surface area (Å²) in [6, 6.07) is 15.4. The normalized spacial score (nSPS) is 17.8. The van der Waals surface area contributed by atoms with E-state index in [1.54, 1.807) is 12.1 Å². The third-order valence-electron chi connectivity index (χ3n) is 6.54. The number of amides is 2. The van der Waals surface area contributed by atoms with Gasteiger partial charge in [-0.2, -0.15) is 0 Å². The number of ether oxygens (including phenoxy) is 1. The zero-order valence-corrected chi connectivity index (χ0v) is 21.3. The van der Waals surface area contributed by atoms with Crippen LogP contribution in [0, 0.1) is 19.8 Å². The maximum Gasteiger partial charge on any atom is 0.265 e. The zero-order valence-electron chi connectivity index (χ0n) is 21.3. The Morgan fingerprint density at radius 2 is 1.92 bits per heavy atom. The van der Waals surface area contributed by atoms with Crippen LogP contribution >= 0.6 is 0 Å². The molecule has 3 aromatic rings. The number of benzene rings is 2. The molecular formula is C28H34N4O4. The number of carbonyl (C=O) groups excluding carboxylic acids is 2. The maximum atomic E-state index is 13.1. The number of hydrogen-bond donors (Lipinski definition) is 2. The van der Waals surface area contributed by atoms with E-state index < -0.39 is 11.4 Å². The monoisotopic (exact) mass is 490 g/mol. The van der Waals surface area contributed by atoms with Gasteiger partial charge in [0.1, 0.15) is 24.4 Å². The van der Waals surface area contributed by atoms with Crippen molar-refractivity contribution < 1.29 is 19.5 Å². The van der Waals surface area contributed by atoms with Crippen LogP contribution in [0.15, 0.2) is 48.5 Å². The Hall–Kier alpha value is -3.49. The lowest BCUT2D eigenvalue weighted by Crippen LogP contribution is -2.48. The van der Waals surface area contributed by atoms with E-state index in [9.17, 15) is 14.8 Å². The van der Waals surface area contributed by atoms with E-state index in [0.29, 0.717) is 35.9 Å². The molecule has 8 nitrogen and oxygen atoms in total. The van der Waals surface area contributed by atoms with Gasteiger partial charge in [-0.25, -0.2) is 5.06 Å². The molecule has 0 saturated carbocycles. The third kappa shape index (κ3) is 5.34. The molecule has 8 heteroatoms. The van der Waals surface area contributed by atoms with Crippen LogP contribution in [0.5, 0.6) is 5.75 Å². The van der Waals surface area contributed by atoms with E-state index in [-0.39, 0.29) is 24.9 Å². The first-order chi connectivity index (χ1) is 17.1. The van der Waals surface area contributed by atoms with Gasteiger partial charge < -0.3 is 15.4 Å². The fourth-order valence-electron chi connectivity index (χ4n) is 4.60. The average molecular weight is 491 g/mol. The molecule has 36 heavy (non-hydrogen) atoms. The predicted octanol–water partition coefficient (Wildman–Crippen LogP) is 3.69. The minimum Gasteiger partial charge on any atom is -0.489 e. The Morgan fingerprint density at radius 1 is 1.19 bits per heavy atom. The van der Waals surface area contributed by atoms with Gasteiger partial charge >= 0.3 is 0 Å². The number of nitrogens with two attached hydrogens (primary N) is 1. The molecule has 0 spiro atoms. The molecule has 1 aliphatic heterocycles. The maximum absolute atomic E-state index is 13.1. The van der Waals surface area contributed by atoms with Crippen LogP contribution in [0.4, 0.5) is 0 Å². The molecule has 1 atom stereocenters. The number of aryl methyl sites for hydroxylation is 2. The Bertz CT molecular complexity index is 1270. The number of carbonyl (C=O) groups is 2. The molecular weight excluding hydrogens is 456 g/mol. The summed E-state index contributed by atoms with van der Waals surface area (Å²) in [5.74, 6) is -0.0524. The van der Waals surface area contributed by atoms with Gasteiger partial charge in [0.15, 0.2) is 0 Å². The lowest BCUT2D eigenvalue weighted by molar-refractivity contribution is -0.169. The minimum atomic E-state index is -1.22. The minimum absolute atomic E-state index is 0.119. The van der Waals surface area contributed by atoms with Crippen LogP contribution in [0.3, 0.4) is 0 Å². The van der Waals surface area contributed by atoms with Gasteiger partial charge in [0, 0.05) is 23.2 Å². The molecule has 0 aliphatic carbocycles. The first-order valence-electron chi connectivity index (χ1n) is 12.2. The SMILES string of the molecule is Cc1ccc2nc(C)cc(COc3ccc([C@]4(N)CCN(CC(=O)N(O)CC(C)C)C4=O)cc3)c2c1. The number of likely N-dealkylation sites (tertiary alicyclic amines) is 1. The highest BCUT2D eigenvalue weighted by Gasteiger charge is 2.45. The molecule has 2 heterocycles. The summed E-state index contributed by atoms with van der Waals surface area (Å²) in [7, 11) is 0. The Labute approximate surface area is 211 Å². The number of fused-ring (bicyclic) bond motifs is 1. The molecule has 2 aromatic carbocycles. The van der Waals surface area contributed by atoms with Gasteiger partial charge in [-0.1, -0.05) is 37.6 Å². The van der Waals surface area contributed by atoms with E-state index in [1.807, 2.05) is 51.1 Å². The molecule has 190 valence electrons. The average Bonchev–Trinajstić information content (AvgIpc) is 3.12. The van der Waals surface area contributed by atoms with Gasteiger partial charge in [0.05, 0.1) is 12.1 Å². The van der Waals surface area contributed by atoms with Crippen molar-refractivity contribution in [1.82, 2.24) is 14.9 Å². The Balaban J connectivity index is 1.43. The highest BCUT2D eigenvalue weighted by atomic mass is 16.5. The molecule has 0 unspecified atom stereocenters. The summed E-state index contributed by atoms with van der Waals surface area (Å²) >= 11 is 0. The van der Waals surface area contributed by atoms with Gasteiger partial charge in [-0.05, 0) is 62.1 Å². The van der Waals surface area contributed by atoms with Crippen molar-refractivity contribution in [3.8, 4) is 5.75 Å². The zero-order chi connectivity index (χ0) is 26.0. The van der Waals surface area contributed by atoms with E-state index in [0.717, 1.165) is 27.7 Å². The van der Waals surface area contributed by atoms with Crippen LogP contribution in [0.1, 0.15) is 42.7 Å². The van der Waals surface area contributed by atoms with E-state index in [2.05, 4.69) is 18.0 Å². The second kappa shape index (κ2) is 10.2. The topological polar surface area (TPSA) is 109 Å². The van der Waals surface area contributed by atoms with E-state index in [4.69, 9.17) is 10.5 Å². The number of rotatable bonds is 8. The number of aromatic nitrogens is 1. The van der Waals surface area contributed by atoms with Crippen molar-refractivity contribution in [2.45, 2.75) is 46.3 Å². The van der Waals surface area contributed by atoms with Crippen LogP contribution < -0.4 is 10.5 Å². The van der Waals surface area contributed by atoms with E-state index >= 15 is 0 Å². The second-order valence-corrected chi connectivity index (χ2v) is 10.1. The third-order valence-corrected chi connectivity index (χ3v) is 6.54.